The Morgan fingerprint density at radius 3 is 2.69 bits per heavy atom. The van der Waals surface area contributed by atoms with Gasteiger partial charge in [0.15, 0.2) is 6.29 Å². The molecule has 3 N–H and O–H groups in total. The van der Waals surface area contributed by atoms with Crippen LogP contribution in [0.15, 0.2) is 42.5 Å². The quantitative estimate of drug-likeness (QED) is 0.619. The predicted molar refractivity (Wildman–Crippen MR) is 113 cm³/mol. The minimum atomic E-state index is -0.473. The molecule has 1 aliphatic rings. The van der Waals surface area contributed by atoms with E-state index in [-0.39, 0.29) is 11.9 Å². The Labute approximate surface area is 169 Å². The Kier molecular flexibility index (Phi) is 5.31. The highest BCUT2D eigenvalue weighted by Gasteiger charge is 2.27. The van der Waals surface area contributed by atoms with Gasteiger partial charge in [-0.05, 0) is 32.4 Å². The van der Waals surface area contributed by atoms with E-state index in [0.717, 1.165) is 27.9 Å². The van der Waals surface area contributed by atoms with Crippen molar-refractivity contribution >= 4 is 22.8 Å². The lowest BCUT2D eigenvalue weighted by atomic mass is 10.0. The van der Waals surface area contributed by atoms with E-state index >= 15 is 0 Å². The molecule has 1 fully saturated rings. The van der Waals surface area contributed by atoms with Crippen LogP contribution in [-0.2, 0) is 4.79 Å². The van der Waals surface area contributed by atoms with Crippen molar-refractivity contribution in [3.8, 4) is 5.75 Å². The van der Waals surface area contributed by atoms with E-state index in [4.69, 9.17) is 4.74 Å². The van der Waals surface area contributed by atoms with Crippen LogP contribution in [0.5, 0.6) is 5.75 Å². The zero-order valence-electron chi connectivity index (χ0n) is 16.8. The van der Waals surface area contributed by atoms with Crippen molar-refractivity contribution in [1.29, 1.82) is 0 Å². The minimum Gasteiger partial charge on any atom is -0.492 e. The van der Waals surface area contributed by atoms with Crippen molar-refractivity contribution in [3.05, 3.63) is 59.3 Å². The van der Waals surface area contributed by atoms with Crippen LogP contribution in [0.25, 0.3) is 10.9 Å². The molecule has 4 rings (SSSR count). The third-order valence-corrected chi connectivity index (χ3v) is 5.00. The summed E-state index contributed by atoms with van der Waals surface area (Å²) in [7, 11) is 0. The summed E-state index contributed by atoms with van der Waals surface area (Å²) in [4.78, 5) is 21.5. The SMILES string of the molecule is CCOc1cccc2c(C)nc(NC3NC(=O)CC(c4ccc(C)cc4)N3)nc12. The fourth-order valence-corrected chi connectivity index (χ4v) is 3.54. The van der Waals surface area contributed by atoms with Gasteiger partial charge >= 0.3 is 0 Å². The number of hydrogen-bond donors (Lipinski definition) is 3. The lowest BCUT2D eigenvalue weighted by Gasteiger charge is -2.32. The van der Waals surface area contributed by atoms with Crippen LogP contribution >= 0.6 is 0 Å². The predicted octanol–water partition coefficient (Wildman–Crippen LogP) is 3.19. The molecular formula is C22H25N5O2. The van der Waals surface area contributed by atoms with Gasteiger partial charge in [-0.3, -0.25) is 10.1 Å². The molecule has 1 aliphatic heterocycles. The molecule has 0 bridgehead atoms. The van der Waals surface area contributed by atoms with Crippen LogP contribution in [0.1, 0.15) is 36.2 Å². The molecule has 0 spiro atoms. The number of hydrogen-bond acceptors (Lipinski definition) is 6. The highest BCUT2D eigenvalue weighted by Crippen LogP contribution is 2.27. The Balaban J connectivity index is 1.59. The maximum Gasteiger partial charge on any atom is 0.226 e. The number of benzene rings is 2. The number of nitrogens with one attached hydrogen (secondary N) is 3. The molecule has 150 valence electrons. The highest BCUT2D eigenvalue weighted by molar-refractivity contribution is 5.87. The normalized spacial score (nSPS) is 19.1. The highest BCUT2D eigenvalue weighted by atomic mass is 16.5. The first-order chi connectivity index (χ1) is 14.0. The molecular weight excluding hydrogens is 366 g/mol. The molecule has 29 heavy (non-hydrogen) atoms. The molecule has 2 unspecified atom stereocenters. The molecule has 0 aliphatic carbocycles. The minimum absolute atomic E-state index is 0.0284. The number of para-hydroxylation sites is 1. The number of nitrogens with zero attached hydrogens (tertiary/aromatic N) is 2. The largest absolute Gasteiger partial charge is 0.492 e. The Morgan fingerprint density at radius 1 is 1.14 bits per heavy atom. The van der Waals surface area contributed by atoms with E-state index in [0.29, 0.717) is 19.0 Å². The summed E-state index contributed by atoms with van der Waals surface area (Å²) < 4.78 is 5.72. The molecule has 1 amide bonds. The average molecular weight is 391 g/mol. The van der Waals surface area contributed by atoms with Crippen LogP contribution in [0.2, 0.25) is 0 Å². The Bertz CT molecular complexity index is 1040. The number of amides is 1. The lowest BCUT2D eigenvalue weighted by Crippen LogP contribution is -2.56. The van der Waals surface area contributed by atoms with E-state index < -0.39 is 6.29 Å². The standard InChI is InChI=1S/C22H25N5O2/c1-4-29-18-7-5-6-16-14(3)23-21(26-20(16)18)27-22-24-17(12-19(28)25-22)15-10-8-13(2)9-11-15/h5-11,17,22,24H,4,12H2,1-3H3,(H,25,28)(H,23,26,27). The summed E-state index contributed by atoms with van der Waals surface area (Å²) in [6.07, 6.45) is -0.0912. The molecule has 0 radical (unpaired) electrons. The summed E-state index contributed by atoms with van der Waals surface area (Å²) >= 11 is 0. The Morgan fingerprint density at radius 2 is 1.93 bits per heavy atom. The number of aryl methyl sites for hydroxylation is 2. The number of carbonyl (C=O) groups is 1. The van der Waals surface area contributed by atoms with Crippen LogP contribution in [-0.4, -0.2) is 28.8 Å². The summed E-state index contributed by atoms with van der Waals surface area (Å²) in [5.41, 5.74) is 3.86. The third-order valence-electron chi connectivity index (χ3n) is 5.00. The van der Waals surface area contributed by atoms with E-state index in [2.05, 4.69) is 38.1 Å². The lowest BCUT2D eigenvalue weighted by molar-refractivity contribution is -0.124. The molecule has 0 saturated carbocycles. The van der Waals surface area contributed by atoms with Gasteiger partial charge in [0.1, 0.15) is 11.3 Å². The van der Waals surface area contributed by atoms with E-state index in [1.807, 2.05) is 51.1 Å². The molecule has 7 nitrogen and oxygen atoms in total. The molecule has 1 aromatic heterocycles. The summed E-state index contributed by atoms with van der Waals surface area (Å²) in [6.45, 7) is 6.49. The second-order valence-electron chi connectivity index (χ2n) is 7.20. The number of carbonyl (C=O) groups excluding carboxylic acids is 1. The van der Waals surface area contributed by atoms with Crippen molar-refractivity contribution in [1.82, 2.24) is 20.6 Å². The Hall–Kier alpha value is -3.19. The second kappa shape index (κ2) is 8.05. The van der Waals surface area contributed by atoms with Gasteiger partial charge in [0.25, 0.3) is 0 Å². The summed E-state index contributed by atoms with van der Waals surface area (Å²) in [6, 6.07) is 13.9. The topological polar surface area (TPSA) is 88.2 Å². The third kappa shape index (κ3) is 4.14. The van der Waals surface area contributed by atoms with Gasteiger partial charge < -0.3 is 15.4 Å². The smallest absolute Gasteiger partial charge is 0.226 e. The first-order valence-corrected chi connectivity index (χ1v) is 9.82. The first-order valence-electron chi connectivity index (χ1n) is 9.82. The van der Waals surface area contributed by atoms with Gasteiger partial charge in [0.2, 0.25) is 11.9 Å². The second-order valence-corrected chi connectivity index (χ2v) is 7.20. The molecule has 2 atom stereocenters. The average Bonchev–Trinajstić information content (AvgIpc) is 2.69. The fourth-order valence-electron chi connectivity index (χ4n) is 3.54. The molecule has 2 heterocycles. The number of fused-ring (bicyclic) bond motifs is 1. The van der Waals surface area contributed by atoms with Crippen molar-refractivity contribution in [2.75, 3.05) is 11.9 Å². The zero-order valence-corrected chi connectivity index (χ0v) is 16.8. The van der Waals surface area contributed by atoms with Gasteiger partial charge in [-0.2, -0.15) is 0 Å². The molecule has 1 saturated heterocycles. The van der Waals surface area contributed by atoms with Crippen LogP contribution in [0.4, 0.5) is 5.95 Å². The zero-order chi connectivity index (χ0) is 20.4. The maximum atomic E-state index is 12.3. The van der Waals surface area contributed by atoms with Crippen molar-refractivity contribution in [2.24, 2.45) is 0 Å². The van der Waals surface area contributed by atoms with Gasteiger partial charge in [0, 0.05) is 17.8 Å². The van der Waals surface area contributed by atoms with Crippen LogP contribution in [0.3, 0.4) is 0 Å². The van der Waals surface area contributed by atoms with E-state index in [9.17, 15) is 4.79 Å². The monoisotopic (exact) mass is 391 g/mol. The summed E-state index contributed by atoms with van der Waals surface area (Å²) in [5, 5.41) is 10.5. The number of ether oxygens (including phenoxy) is 1. The first kappa shape index (κ1) is 19.1. The van der Waals surface area contributed by atoms with Crippen LogP contribution in [0, 0.1) is 13.8 Å². The number of aromatic nitrogens is 2. The van der Waals surface area contributed by atoms with Crippen molar-refractivity contribution in [2.45, 2.75) is 39.5 Å². The van der Waals surface area contributed by atoms with E-state index in [1.54, 1.807) is 0 Å². The van der Waals surface area contributed by atoms with Crippen molar-refractivity contribution < 1.29 is 9.53 Å². The van der Waals surface area contributed by atoms with Gasteiger partial charge in [0.05, 0.1) is 12.3 Å². The maximum absolute atomic E-state index is 12.3. The summed E-state index contributed by atoms with van der Waals surface area (Å²) in [5.74, 6) is 1.13. The molecule has 2 aromatic carbocycles. The van der Waals surface area contributed by atoms with Crippen LogP contribution < -0.4 is 20.7 Å². The van der Waals surface area contributed by atoms with Gasteiger partial charge in [-0.15, -0.1) is 0 Å². The van der Waals surface area contributed by atoms with Gasteiger partial charge in [-0.1, -0.05) is 42.0 Å². The number of rotatable bonds is 5. The molecule has 7 heteroatoms. The fraction of sp³-hybridized carbons (Fsp3) is 0.318. The number of anilines is 1. The molecule has 3 aromatic rings. The van der Waals surface area contributed by atoms with Crippen molar-refractivity contribution in [3.63, 3.8) is 0 Å². The van der Waals surface area contributed by atoms with E-state index in [1.165, 1.54) is 5.56 Å². The van der Waals surface area contributed by atoms with Gasteiger partial charge in [-0.25, -0.2) is 9.97 Å².